The number of ether oxygens (including phenoxy) is 1. The Labute approximate surface area is 121 Å². The van der Waals surface area contributed by atoms with E-state index in [-0.39, 0.29) is 10.6 Å². The number of methoxy groups -OCH3 is 1. The Bertz CT molecular complexity index is 753. The van der Waals surface area contributed by atoms with Crippen LogP contribution in [0.25, 0.3) is 0 Å². The van der Waals surface area contributed by atoms with Crippen molar-refractivity contribution < 1.29 is 22.3 Å². The van der Waals surface area contributed by atoms with Gasteiger partial charge in [-0.25, -0.2) is 26.6 Å². The van der Waals surface area contributed by atoms with Crippen molar-refractivity contribution in [3.8, 4) is 0 Å². The van der Waals surface area contributed by atoms with E-state index in [2.05, 4.69) is 9.72 Å². The van der Waals surface area contributed by atoms with Gasteiger partial charge in [0, 0.05) is 6.20 Å². The molecule has 0 fully saturated rings. The van der Waals surface area contributed by atoms with Crippen LogP contribution in [0, 0.1) is 6.92 Å². The van der Waals surface area contributed by atoms with Crippen LogP contribution in [0.2, 0.25) is 0 Å². The summed E-state index contributed by atoms with van der Waals surface area (Å²) in [6.45, 7) is 1.83. The highest BCUT2D eigenvalue weighted by atomic mass is 32.2. The minimum absolute atomic E-state index is 0.0468. The molecule has 0 spiro atoms. The maximum Gasteiger partial charge on any atom is 0.346 e. The van der Waals surface area contributed by atoms with Gasteiger partial charge in [-0.15, -0.1) is 0 Å². The molecular formula is C13H13FN2O4S. The number of carbonyl (C=O) groups excluding carboxylic acids is 1. The Morgan fingerprint density at radius 2 is 1.95 bits per heavy atom. The van der Waals surface area contributed by atoms with Crippen molar-refractivity contribution in [3.05, 3.63) is 48.0 Å². The van der Waals surface area contributed by atoms with Crippen molar-refractivity contribution in [2.75, 3.05) is 7.11 Å². The first-order valence-corrected chi connectivity index (χ1v) is 7.38. The lowest BCUT2D eigenvalue weighted by Crippen LogP contribution is -2.12. The highest BCUT2D eigenvalue weighted by molar-refractivity contribution is 7.90. The van der Waals surface area contributed by atoms with Crippen LogP contribution in [0.5, 0.6) is 0 Å². The fourth-order valence-corrected chi connectivity index (χ4v) is 2.78. The molecule has 1 atom stereocenters. The van der Waals surface area contributed by atoms with Gasteiger partial charge in [-0.2, -0.15) is 0 Å². The second-order valence-corrected chi connectivity index (χ2v) is 6.18. The third kappa shape index (κ3) is 2.94. The van der Waals surface area contributed by atoms with E-state index >= 15 is 0 Å². The summed E-state index contributed by atoms with van der Waals surface area (Å²) in [5.74, 6) is -1.13. The first-order chi connectivity index (χ1) is 9.86. The molecule has 112 valence electrons. The van der Waals surface area contributed by atoms with Gasteiger partial charge in [-0.1, -0.05) is 17.7 Å². The molecule has 6 nitrogen and oxygen atoms in total. The molecule has 2 rings (SSSR count). The zero-order valence-electron chi connectivity index (χ0n) is 11.4. The first-order valence-electron chi connectivity index (χ1n) is 5.94. The molecule has 0 radical (unpaired) electrons. The lowest BCUT2D eigenvalue weighted by molar-refractivity contribution is -0.146. The average molecular weight is 312 g/mol. The highest BCUT2D eigenvalue weighted by Gasteiger charge is 2.25. The number of nitrogens with zero attached hydrogens (tertiary/aromatic N) is 2. The van der Waals surface area contributed by atoms with Crippen LogP contribution in [0.1, 0.15) is 17.4 Å². The fraction of sp³-hybridized carbons (Fsp3) is 0.231. The van der Waals surface area contributed by atoms with E-state index in [1.807, 2.05) is 6.92 Å². The van der Waals surface area contributed by atoms with Gasteiger partial charge in [-0.05, 0) is 19.1 Å². The summed E-state index contributed by atoms with van der Waals surface area (Å²) >= 11 is 0. The Morgan fingerprint density at radius 1 is 1.33 bits per heavy atom. The van der Waals surface area contributed by atoms with Crippen molar-refractivity contribution >= 4 is 16.0 Å². The largest absolute Gasteiger partial charge is 0.467 e. The minimum Gasteiger partial charge on any atom is -0.467 e. The van der Waals surface area contributed by atoms with Crippen LogP contribution in [0.4, 0.5) is 4.39 Å². The number of imidazole rings is 1. The van der Waals surface area contributed by atoms with Crippen molar-refractivity contribution in [2.24, 2.45) is 0 Å². The molecule has 1 aromatic heterocycles. The van der Waals surface area contributed by atoms with Gasteiger partial charge >= 0.3 is 5.97 Å². The Kier molecular flexibility index (Phi) is 4.08. The number of benzene rings is 1. The average Bonchev–Trinajstić information content (AvgIpc) is 2.96. The summed E-state index contributed by atoms with van der Waals surface area (Å²) < 4.78 is 43.3. The number of aromatic nitrogens is 2. The van der Waals surface area contributed by atoms with Crippen LogP contribution in [0.3, 0.4) is 0 Å². The van der Waals surface area contributed by atoms with E-state index in [1.165, 1.54) is 12.1 Å². The predicted molar refractivity (Wildman–Crippen MR) is 71.9 cm³/mol. The van der Waals surface area contributed by atoms with Crippen LogP contribution in [-0.4, -0.2) is 30.5 Å². The highest BCUT2D eigenvalue weighted by Crippen LogP contribution is 2.20. The molecule has 1 heterocycles. The van der Waals surface area contributed by atoms with Gasteiger partial charge in [-0.3, -0.25) is 0 Å². The smallest absolute Gasteiger partial charge is 0.346 e. The molecule has 21 heavy (non-hydrogen) atoms. The number of alkyl halides is 1. The van der Waals surface area contributed by atoms with Crippen LogP contribution >= 0.6 is 0 Å². The van der Waals surface area contributed by atoms with E-state index in [9.17, 15) is 17.6 Å². The molecule has 1 aromatic carbocycles. The maximum absolute atomic E-state index is 13.6. The van der Waals surface area contributed by atoms with Gasteiger partial charge in [0.25, 0.3) is 10.0 Å². The summed E-state index contributed by atoms with van der Waals surface area (Å²) in [7, 11) is -2.83. The third-order valence-corrected chi connectivity index (χ3v) is 4.47. The van der Waals surface area contributed by atoms with Crippen LogP contribution in [-0.2, 0) is 19.6 Å². The lowest BCUT2D eigenvalue weighted by atomic mass is 10.2. The number of hydrogen-bond donors (Lipinski definition) is 0. The number of aryl methyl sites for hydroxylation is 1. The molecule has 0 amide bonds. The van der Waals surface area contributed by atoms with E-state index in [1.54, 1.807) is 12.1 Å². The van der Waals surface area contributed by atoms with Gasteiger partial charge in [0.05, 0.1) is 12.0 Å². The molecule has 0 saturated heterocycles. The molecule has 0 aliphatic rings. The number of halogens is 1. The standard InChI is InChI=1S/C13H13FN2O4S/c1-9-3-5-10(6-4-9)21(18,19)16-7-11(15-8-16)12(14)13(17)20-2/h3-8,12H,1-2H3. The molecule has 1 unspecified atom stereocenters. The Hall–Kier alpha value is -2.22. The van der Waals surface area contributed by atoms with Gasteiger partial charge in [0.2, 0.25) is 6.17 Å². The fourth-order valence-electron chi connectivity index (χ4n) is 1.64. The van der Waals surface area contributed by atoms with Crippen LogP contribution < -0.4 is 0 Å². The monoisotopic (exact) mass is 312 g/mol. The molecule has 0 bridgehead atoms. The van der Waals surface area contributed by atoms with Crippen LogP contribution in [0.15, 0.2) is 41.7 Å². The molecule has 0 aliphatic heterocycles. The van der Waals surface area contributed by atoms with E-state index in [4.69, 9.17) is 0 Å². The van der Waals surface area contributed by atoms with Crippen molar-refractivity contribution in [3.63, 3.8) is 0 Å². The molecule has 2 aromatic rings. The summed E-state index contributed by atoms with van der Waals surface area (Å²) in [6.07, 6.45) is -0.221. The molecular weight excluding hydrogens is 299 g/mol. The SMILES string of the molecule is COC(=O)C(F)c1cn(S(=O)(=O)c2ccc(C)cc2)cn1. The van der Waals surface area contributed by atoms with Gasteiger partial charge in [0.15, 0.2) is 0 Å². The topological polar surface area (TPSA) is 78.3 Å². The summed E-state index contributed by atoms with van der Waals surface area (Å²) in [5.41, 5.74) is 0.590. The first kappa shape index (κ1) is 15.2. The summed E-state index contributed by atoms with van der Waals surface area (Å²) in [5, 5.41) is 0. The molecule has 8 heteroatoms. The zero-order chi connectivity index (χ0) is 15.6. The van der Waals surface area contributed by atoms with Gasteiger partial charge < -0.3 is 4.74 Å². The number of rotatable bonds is 4. The minimum atomic E-state index is -3.87. The Morgan fingerprint density at radius 3 is 2.52 bits per heavy atom. The normalized spacial score (nSPS) is 12.9. The van der Waals surface area contributed by atoms with E-state index < -0.39 is 22.2 Å². The maximum atomic E-state index is 13.6. The molecule has 0 saturated carbocycles. The van der Waals surface area contributed by atoms with E-state index in [0.29, 0.717) is 0 Å². The number of hydrogen-bond acceptors (Lipinski definition) is 5. The molecule has 0 N–H and O–H groups in total. The predicted octanol–water partition coefficient (Wildman–Crippen LogP) is 1.61. The zero-order valence-corrected chi connectivity index (χ0v) is 12.2. The second-order valence-electron chi connectivity index (χ2n) is 4.33. The summed E-state index contributed by atoms with van der Waals surface area (Å²) in [6, 6.07) is 6.18. The summed E-state index contributed by atoms with van der Waals surface area (Å²) in [4.78, 5) is 14.7. The van der Waals surface area contributed by atoms with E-state index in [0.717, 1.165) is 29.2 Å². The van der Waals surface area contributed by atoms with Gasteiger partial charge in [0.1, 0.15) is 12.0 Å². The number of esters is 1. The Balaban J connectivity index is 2.36. The van der Waals surface area contributed by atoms with Crippen molar-refractivity contribution in [1.29, 1.82) is 0 Å². The second kappa shape index (κ2) is 5.65. The van der Waals surface area contributed by atoms with Crippen molar-refractivity contribution in [1.82, 2.24) is 8.96 Å². The quantitative estimate of drug-likeness (QED) is 0.802. The number of carbonyl (C=O) groups is 1. The molecule has 0 aliphatic carbocycles. The third-order valence-electron chi connectivity index (χ3n) is 2.84. The van der Waals surface area contributed by atoms with Crippen molar-refractivity contribution in [2.45, 2.75) is 18.0 Å². The lowest BCUT2D eigenvalue weighted by Gasteiger charge is -2.05.